The van der Waals surface area contributed by atoms with E-state index in [0.29, 0.717) is 0 Å². The van der Waals surface area contributed by atoms with Crippen molar-refractivity contribution in [2.75, 3.05) is 6.61 Å². The van der Waals surface area contributed by atoms with Crippen LogP contribution < -0.4 is 11.2 Å². The Hall–Kier alpha value is -2.17. The van der Waals surface area contributed by atoms with Crippen molar-refractivity contribution >= 4 is 0 Å². The molecule has 1 saturated heterocycles. The van der Waals surface area contributed by atoms with Gasteiger partial charge in [0.25, 0.3) is 5.56 Å². The molecule has 0 aliphatic carbocycles. The number of aromatic nitrogens is 2. The fraction of sp³-hybridized carbons (Fsp3) is 0.556. The van der Waals surface area contributed by atoms with Gasteiger partial charge < -0.3 is 20.1 Å². The zero-order chi connectivity index (χ0) is 14.9. The number of hydrogen-bond acceptors (Lipinski definition) is 7. The third-order valence-electron chi connectivity index (χ3n) is 2.97. The molecule has 0 bridgehead atoms. The van der Waals surface area contributed by atoms with Crippen molar-refractivity contribution in [3.05, 3.63) is 43.5 Å². The van der Waals surface area contributed by atoms with Crippen LogP contribution in [0.15, 0.2) is 27.0 Å². The molecule has 1 aromatic rings. The van der Waals surface area contributed by atoms with Crippen molar-refractivity contribution in [2.45, 2.75) is 24.2 Å². The number of aliphatic hydroxyl groups excluding tert-OH is 3. The van der Waals surface area contributed by atoms with Gasteiger partial charge in [0.15, 0.2) is 6.23 Å². The lowest BCUT2D eigenvalue weighted by atomic mass is 10.1. The van der Waals surface area contributed by atoms with Gasteiger partial charge in [0.2, 0.25) is 5.72 Å². The monoisotopic (exact) mass is 285 g/mol. The fourth-order valence-corrected chi connectivity index (χ4v) is 1.94. The molecule has 11 heteroatoms. The maximum atomic E-state index is 11.6. The Morgan fingerprint density at radius 1 is 1.55 bits per heavy atom. The van der Waals surface area contributed by atoms with E-state index < -0.39 is 42.0 Å². The molecule has 20 heavy (non-hydrogen) atoms. The molecule has 2 heterocycles. The first-order valence-electron chi connectivity index (χ1n) is 5.48. The topological polar surface area (TPSA) is 174 Å². The molecule has 1 aromatic heterocycles. The summed E-state index contributed by atoms with van der Waals surface area (Å²) in [5, 5.41) is 32.1. The molecule has 11 nitrogen and oxygen atoms in total. The quantitative estimate of drug-likeness (QED) is 0.278. The van der Waals surface area contributed by atoms with E-state index in [1.807, 2.05) is 4.98 Å². The second-order valence-electron chi connectivity index (χ2n) is 4.15. The van der Waals surface area contributed by atoms with E-state index in [0.717, 1.165) is 16.8 Å². The van der Waals surface area contributed by atoms with E-state index in [9.17, 15) is 24.9 Å². The lowest BCUT2D eigenvalue weighted by molar-refractivity contribution is -0.125. The fourth-order valence-electron chi connectivity index (χ4n) is 1.94. The predicted molar refractivity (Wildman–Crippen MR) is 62.4 cm³/mol. The molecular weight excluding hydrogens is 274 g/mol. The number of H-pyrrole nitrogens is 1. The van der Waals surface area contributed by atoms with Gasteiger partial charge in [-0.05, 0) is 5.53 Å². The summed E-state index contributed by atoms with van der Waals surface area (Å²) in [6.45, 7) is -0.899. The lowest BCUT2D eigenvalue weighted by Crippen LogP contribution is -2.44. The molecule has 4 atom stereocenters. The van der Waals surface area contributed by atoms with Gasteiger partial charge in [0.1, 0.15) is 12.2 Å². The van der Waals surface area contributed by atoms with Gasteiger partial charge in [0, 0.05) is 17.2 Å². The van der Waals surface area contributed by atoms with Crippen LogP contribution in [0.4, 0.5) is 0 Å². The second-order valence-corrected chi connectivity index (χ2v) is 4.15. The highest BCUT2D eigenvalue weighted by Gasteiger charge is 2.54. The highest BCUT2D eigenvalue weighted by atomic mass is 16.6. The minimum Gasteiger partial charge on any atom is -0.393 e. The summed E-state index contributed by atoms with van der Waals surface area (Å²) < 4.78 is 5.95. The Kier molecular flexibility index (Phi) is 3.61. The maximum absolute atomic E-state index is 11.6. The van der Waals surface area contributed by atoms with E-state index in [-0.39, 0.29) is 0 Å². The molecule has 0 radical (unpaired) electrons. The smallest absolute Gasteiger partial charge is 0.330 e. The number of aromatic amines is 1. The highest BCUT2D eigenvalue weighted by molar-refractivity contribution is 5.00. The third-order valence-corrected chi connectivity index (χ3v) is 2.97. The largest absolute Gasteiger partial charge is 0.393 e. The SMILES string of the molecule is [N-]=[N+]=N[C@]1(CO)OC(n2ccc(=O)[nH]c2=O)C(O)C1O. The van der Waals surface area contributed by atoms with Crippen molar-refractivity contribution in [1.29, 1.82) is 0 Å². The molecule has 0 saturated carbocycles. The summed E-state index contributed by atoms with van der Waals surface area (Å²) in [5.41, 5.74) is 4.79. The predicted octanol–water partition coefficient (Wildman–Crippen LogP) is -2.21. The number of ether oxygens (including phenoxy) is 1. The standard InChI is InChI=1S/C9H11N5O6/c10-13-12-9(3-15)6(18)5(17)7(20-9)14-2-1-4(16)11-8(14)19/h1-2,5-7,15,17-18H,3H2,(H,11,16,19)/t5?,6?,7?,9-/m1/s1. The maximum Gasteiger partial charge on any atom is 0.330 e. The first-order chi connectivity index (χ1) is 9.45. The molecule has 1 fully saturated rings. The molecule has 2 rings (SSSR count). The minimum atomic E-state index is -2.10. The number of azide groups is 1. The van der Waals surface area contributed by atoms with Crippen molar-refractivity contribution in [1.82, 2.24) is 9.55 Å². The summed E-state index contributed by atoms with van der Waals surface area (Å²) >= 11 is 0. The van der Waals surface area contributed by atoms with Gasteiger partial charge in [-0.2, -0.15) is 0 Å². The van der Waals surface area contributed by atoms with Crippen LogP contribution in [0.5, 0.6) is 0 Å². The Labute approximate surface area is 110 Å². The first kappa shape index (κ1) is 14.2. The van der Waals surface area contributed by atoms with Gasteiger partial charge in [-0.25, -0.2) is 4.79 Å². The van der Waals surface area contributed by atoms with Crippen molar-refractivity contribution in [2.24, 2.45) is 5.11 Å². The molecule has 3 unspecified atom stereocenters. The van der Waals surface area contributed by atoms with E-state index in [1.54, 1.807) is 0 Å². The Balaban J connectivity index is 2.47. The number of nitrogens with one attached hydrogen (secondary N) is 1. The van der Waals surface area contributed by atoms with Crippen LogP contribution in [0, 0.1) is 0 Å². The zero-order valence-corrected chi connectivity index (χ0v) is 9.95. The lowest BCUT2D eigenvalue weighted by Gasteiger charge is -2.23. The van der Waals surface area contributed by atoms with Crippen molar-refractivity contribution < 1.29 is 20.1 Å². The average molecular weight is 285 g/mol. The van der Waals surface area contributed by atoms with Gasteiger partial charge in [0.05, 0.1) is 6.61 Å². The summed E-state index contributed by atoms with van der Waals surface area (Å²) in [6, 6.07) is 1.01. The van der Waals surface area contributed by atoms with E-state index in [1.165, 1.54) is 0 Å². The van der Waals surface area contributed by atoms with Crippen LogP contribution in [0.3, 0.4) is 0 Å². The van der Waals surface area contributed by atoms with E-state index >= 15 is 0 Å². The number of nitrogens with zero attached hydrogens (tertiary/aromatic N) is 4. The number of aliphatic hydroxyl groups is 3. The van der Waals surface area contributed by atoms with Crippen molar-refractivity contribution in [3.63, 3.8) is 0 Å². The Morgan fingerprint density at radius 3 is 2.80 bits per heavy atom. The molecule has 0 amide bonds. The molecular formula is C9H11N5O6. The zero-order valence-electron chi connectivity index (χ0n) is 9.95. The molecule has 1 aliphatic heterocycles. The summed E-state index contributed by atoms with van der Waals surface area (Å²) in [4.78, 5) is 26.9. The van der Waals surface area contributed by atoms with Gasteiger partial charge in [-0.15, -0.1) is 0 Å². The summed E-state index contributed by atoms with van der Waals surface area (Å²) in [5.74, 6) is 0. The highest BCUT2D eigenvalue weighted by Crippen LogP contribution is 2.37. The summed E-state index contributed by atoms with van der Waals surface area (Å²) in [7, 11) is 0. The third kappa shape index (κ3) is 2.09. The molecule has 4 N–H and O–H groups in total. The normalized spacial score (nSPS) is 32.9. The van der Waals surface area contributed by atoms with Gasteiger partial charge >= 0.3 is 5.69 Å². The van der Waals surface area contributed by atoms with E-state index in [2.05, 4.69) is 10.0 Å². The average Bonchev–Trinajstić information content (AvgIpc) is 2.65. The van der Waals surface area contributed by atoms with Crippen LogP contribution in [0.1, 0.15) is 6.23 Å². The Morgan fingerprint density at radius 2 is 2.25 bits per heavy atom. The van der Waals surface area contributed by atoms with Crippen molar-refractivity contribution in [3.8, 4) is 0 Å². The molecule has 0 aromatic carbocycles. The first-order valence-corrected chi connectivity index (χ1v) is 5.48. The van der Waals surface area contributed by atoms with Gasteiger partial charge in [-0.1, -0.05) is 5.11 Å². The second kappa shape index (κ2) is 5.07. The number of hydrogen-bond donors (Lipinski definition) is 4. The molecule has 0 spiro atoms. The van der Waals surface area contributed by atoms with Crippen LogP contribution in [-0.2, 0) is 4.74 Å². The Bertz CT molecular complexity index is 663. The molecule has 1 aliphatic rings. The van der Waals surface area contributed by atoms with Crippen LogP contribution in [0.2, 0.25) is 0 Å². The minimum absolute atomic E-state index is 0.650. The number of rotatable bonds is 3. The van der Waals surface area contributed by atoms with Crippen LogP contribution >= 0.6 is 0 Å². The van der Waals surface area contributed by atoms with Crippen LogP contribution in [0.25, 0.3) is 10.4 Å². The van der Waals surface area contributed by atoms with Gasteiger partial charge in [-0.3, -0.25) is 14.3 Å². The summed E-state index contributed by atoms with van der Waals surface area (Å²) in [6.07, 6.45) is -3.76. The van der Waals surface area contributed by atoms with E-state index in [4.69, 9.17) is 10.3 Å². The van der Waals surface area contributed by atoms with Crippen LogP contribution in [-0.4, -0.2) is 49.4 Å². The molecule has 108 valence electrons.